The van der Waals surface area contributed by atoms with Gasteiger partial charge in [-0.15, -0.1) is 0 Å². The number of carboxylic acid groups (broad SMARTS) is 2. The summed E-state index contributed by atoms with van der Waals surface area (Å²) in [6.45, 7) is 0. The van der Waals surface area contributed by atoms with E-state index in [0.29, 0.717) is 0 Å². The zero-order valence-corrected chi connectivity index (χ0v) is 20.1. The molecule has 4 aromatic rings. The molecule has 0 radical (unpaired) electrons. The Kier molecular flexibility index (Phi) is 10.4. The van der Waals surface area contributed by atoms with Crippen molar-refractivity contribution in [2.45, 2.75) is 0 Å². The minimum atomic E-state index is -1.83. The molecule has 4 rings (SSSR count). The monoisotopic (exact) mass is 550 g/mol. The van der Waals surface area contributed by atoms with Crippen LogP contribution in [-0.2, 0) is 0 Å². The fourth-order valence-electron chi connectivity index (χ4n) is 3.10. The van der Waals surface area contributed by atoms with Gasteiger partial charge in [0.1, 0.15) is 0 Å². The molecule has 0 aliphatic rings. The molecule has 15 nitrogen and oxygen atoms in total. The maximum atomic E-state index is 10.5. The lowest BCUT2D eigenvalue weighted by atomic mass is 10.1. The molecule has 0 spiro atoms. The van der Waals surface area contributed by atoms with E-state index >= 15 is 0 Å². The summed E-state index contributed by atoms with van der Waals surface area (Å²) in [5.74, 6) is 0. The molecule has 2 N–H and O–H groups in total. The van der Waals surface area contributed by atoms with Crippen LogP contribution in [0, 0.1) is 40.5 Å². The fourth-order valence-corrected chi connectivity index (χ4v) is 3.10. The third-order valence-corrected chi connectivity index (χ3v) is 4.98. The first-order valence-electron chi connectivity index (χ1n) is 10.8. The first-order valence-corrected chi connectivity index (χ1v) is 10.8. The Labute approximate surface area is 223 Å². The van der Waals surface area contributed by atoms with Gasteiger partial charge in [0.15, 0.2) is 0 Å². The van der Waals surface area contributed by atoms with Crippen LogP contribution in [0.15, 0.2) is 97.1 Å². The predicted molar refractivity (Wildman–Crippen MR) is 141 cm³/mol. The van der Waals surface area contributed by atoms with Gasteiger partial charge in [-0.1, -0.05) is 0 Å². The second kappa shape index (κ2) is 13.9. The van der Waals surface area contributed by atoms with E-state index in [1.54, 1.807) is 48.5 Å². The number of rotatable bonds is 6. The Balaban J connectivity index is 0.000000247. The van der Waals surface area contributed by atoms with E-state index in [9.17, 15) is 40.5 Å². The molecule has 204 valence electrons. The van der Waals surface area contributed by atoms with Gasteiger partial charge in [0, 0.05) is 48.5 Å². The van der Waals surface area contributed by atoms with Gasteiger partial charge in [0.25, 0.3) is 22.7 Å². The van der Waals surface area contributed by atoms with Gasteiger partial charge in [0.2, 0.25) is 0 Å². The predicted octanol–water partition coefficient (Wildman–Crippen LogP) is 6.56. The van der Waals surface area contributed by atoms with Crippen molar-refractivity contribution in [1.82, 2.24) is 0 Å². The van der Waals surface area contributed by atoms with Crippen molar-refractivity contribution in [3.8, 4) is 22.3 Å². The highest BCUT2D eigenvalue weighted by Crippen LogP contribution is 2.25. The number of non-ortho nitro benzene ring substituents is 4. The Morgan fingerprint density at radius 1 is 0.400 bits per heavy atom. The van der Waals surface area contributed by atoms with E-state index in [1.165, 1.54) is 48.5 Å². The summed E-state index contributed by atoms with van der Waals surface area (Å²) in [4.78, 5) is 48.7. The highest BCUT2D eigenvalue weighted by atomic mass is 16.6. The highest BCUT2D eigenvalue weighted by molar-refractivity contribution is 5.67. The standard InChI is InChI=1S/2C12H8N2O4.CH2O3/c2*15-13(16)11-5-1-9(2-6-11)10-3-7-12(8-4-10)14(17)18;2-1(3)4/h2*1-8H;(H2,2,3,4). The SMILES string of the molecule is O=C(O)O.O=[N+]([O-])c1ccc(-c2ccc([N+](=O)[O-])cc2)cc1.O=[N+]([O-])c1ccc(-c2ccc([N+](=O)[O-])cc2)cc1. The van der Waals surface area contributed by atoms with E-state index < -0.39 is 25.8 Å². The summed E-state index contributed by atoms with van der Waals surface area (Å²) in [6, 6.07) is 24.1. The van der Waals surface area contributed by atoms with E-state index in [2.05, 4.69) is 0 Å². The van der Waals surface area contributed by atoms with Crippen molar-refractivity contribution < 1.29 is 34.7 Å². The van der Waals surface area contributed by atoms with Gasteiger partial charge in [-0.25, -0.2) is 4.79 Å². The minimum Gasteiger partial charge on any atom is -0.450 e. The zero-order valence-electron chi connectivity index (χ0n) is 20.1. The van der Waals surface area contributed by atoms with Crippen molar-refractivity contribution >= 4 is 28.9 Å². The quantitative estimate of drug-likeness (QED) is 0.193. The number of carbonyl (C=O) groups is 1. The molecule has 4 aromatic carbocycles. The maximum Gasteiger partial charge on any atom is 0.503 e. The van der Waals surface area contributed by atoms with Crippen LogP contribution in [0.4, 0.5) is 27.5 Å². The van der Waals surface area contributed by atoms with Gasteiger partial charge in [-0.2, -0.15) is 0 Å². The Hall–Kier alpha value is -6.25. The third kappa shape index (κ3) is 9.00. The lowest BCUT2D eigenvalue weighted by molar-refractivity contribution is -0.385. The van der Waals surface area contributed by atoms with Gasteiger partial charge in [0.05, 0.1) is 19.7 Å². The molecule has 0 unspecified atom stereocenters. The smallest absolute Gasteiger partial charge is 0.450 e. The number of hydrogen-bond acceptors (Lipinski definition) is 9. The van der Waals surface area contributed by atoms with Crippen molar-refractivity contribution in [1.29, 1.82) is 0 Å². The van der Waals surface area contributed by atoms with Crippen molar-refractivity contribution in [3.63, 3.8) is 0 Å². The Morgan fingerprint density at radius 2 is 0.525 bits per heavy atom. The molecule has 0 saturated carbocycles. The number of hydrogen-bond donors (Lipinski definition) is 2. The molecule has 0 atom stereocenters. The number of nitrogens with zero attached hydrogens (tertiary/aromatic N) is 4. The molecular weight excluding hydrogens is 532 g/mol. The first kappa shape index (κ1) is 30.0. The first-order chi connectivity index (χ1) is 18.9. The molecule has 0 aliphatic heterocycles. The summed E-state index contributed by atoms with van der Waals surface area (Å²) in [5.41, 5.74) is 3.15. The zero-order chi connectivity index (χ0) is 29.8. The molecular formula is C25H18N4O11. The van der Waals surface area contributed by atoms with E-state index in [1.807, 2.05) is 0 Å². The summed E-state index contributed by atoms with van der Waals surface area (Å²) in [5, 5.41) is 55.9. The third-order valence-electron chi connectivity index (χ3n) is 4.98. The maximum absolute atomic E-state index is 10.5. The van der Waals surface area contributed by atoms with Crippen LogP contribution in [-0.4, -0.2) is 36.1 Å². The van der Waals surface area contributed by atoms with Crippen molar-refractivity contribution in [2.24, 2.45) is 0 Å². The number of nitro benzene ring substituents is 4. The van der Waals surface area contributed by atoms with Gasteiger partial charge < -0.3 is 10.2 Å². The number of nitro groups is 4. The van der Waals surface area contributed by atoms with Gasteiger partial charge in [-0.3, -0.25) is 40.5 Å². The van der Waals surface area contributed by atoms with Gasteiger partial charge >= 0.3 is 6.16 Å². The second-order valence-corrected chi connectivity index (χ2v) is 7.50. The molecule has 0 fully saturated rings. The van der Waals surface area contributed by atoms with Crippen LogP contribution in [0.3, 0.4) is 0 Å². The average Bonchev–Trinajstić information content (AvgIpc) is 2.93. The number of benzene rings is 4. The van der Waals surface area contributed by atoms with E-state index in [-0.39, 0.29) is 22.7 Å². The molecule has 0 aliphatic carbocycles. The molecule has 0 aromatic heterocycles. The molecule has 0 bridgehead atoms. The van der Waals surface area contributed by atoms with E-state index in [0.717, 1.165) is 22.3 Å². The summed E-state index contributed by atoms with van der Waals surface area (Å²) < 4.78 is 0. The average molecular weight is 550 g/mol. The fraction of sp³-hybridized carbons (Fsp3) is 0. The van der Waals surface area contributed by atoms with Crippen LogP contribution in [0.2, 0.25) is 0 Å². The summed E-state index contributed by atoms with van der Waals surface area (Å²) in [7, 11) is 0. The van der Waals surface area contributed by atoms with E-state index in [4.69, 9.17) is 15.0 Å². The van der Waals surface area contributed by atoms with Gasteiger partial charge in [-0.05, 0) is 70.8 Å². The largest absolute Gasteiger partial charge is 0.503 e. The molecule has 0 saturated heterocycles. The Morgan fingerprint density at radius 3 is 0.625 bits per heavy atom. The lowest BCUT2D eigenvalue weighted by Crippen LogP contribution is -1.88. The van der Waals surface area contributed by atoms with Crippen LogP contribution in [0.1, 0.15) is 0 Å². The van der Waals surface area contributed by atoms with Crippen molar-refractivity contribution in [2.75, 3.05) is 0 Å². The summed E-state index contributed by atoms with van der Waals surface area (Å²) >= 11 is 0. The minimum absolute atomic E-state index is 0.0145. The molecule has 0 amide bonds. The summed E-state index contributed by atoms with van der Waals surface area (Å²) in [6.07, 6.45) is -1.83. The lowest BCUT2D eigenvalue weighted by Gasteiger charge is -2.00. The van der Waals surface area contributed by atoms with Crippen LogP contribution in [0.25, 0.3) is 22.3 Å². The normalized spacial score (nSPS) is 9.60. The Bertz CT molecular complexity index is 1280. The second-order valence-electron chi connectivity index (χ2n) is 7.50. The van der Waals surface area contributed by atoms with Crippen molar-refractivity contribution in [3.05, 3.63) is 138 Å². The van der Waals surface area contributed by atoms with Crippen LogP contribution < -0.4 is 0 Å². The molecule has 0 heterocycles. The topological polar surface area (TPSA) is 230 Å². The van der Waals surface area contributed by atoms with Crippen LogP contribution >= 0.6 is 0 Å². The molecule has 15 heteroatoms. The van der Waals surface area contributed by atoms with Crippen LogP contribution in [0.5, 0.6) is 0 Å². The molecule has 40 heavy (non-hydrogen) atoms. The highest BCUT2D eigenvalue weighted by Gasteiger charge is 2.09.